The molecular formula is C11H10N4O2S. The van der Waals surface area contributed by atoms with Gasteiger partial charge in [-0.25, -0.2) is 9.97 Å². The van der Waals surface area contributed by atoms with Crippen LogP contribution < -0.4 is 5.73 Å². The van der Waals surface area contributed by atoms with Gasteiger partial charge in [0.1, 0.15) is 0 Å². The molecule has 0 spiro atoms. The van der Waals surface area contributed by atoms with Crippen molar-refractivity contribution in [2.24, 2.45) is 0 Å². The Morgan fingerprint density at radius 3 is 2.72 bits per heavy atom. The number of nitrogen functional groups attached to an aromatic ring is 1. The van der Waals surface area contributed by atoms with Crippen LogP contribution in [0, 0.1) is 10.1 Å². The maximum atomic E-state index is 10.7. The van der Waals surface area contributed by atoms with E-state index >= 15 is 0 Å². The molecule has 0 fully saturated rings. The van der Waals surface area contributed by atoms with E-state index in [-0.39, 0.29) is 5.69 Å². The topological polar surface area (TPSA) is 94.9 Å². The van der Waals surface area contributed by atoms with E-state index in [1.165, 1.54) is 23.9 Å². The van der Waals surface area contributed by atoms with Crippen LogP contribution in [0.3, 0.4) is 0 Å². The number of nitro benzene ring substituents is 1. The molecule has 2 N–H and O–H groups in total. The lowest BCUT2D eigenvalue weighted by Crippen LogP contribution is -1.96. The third-order valence-electron chi connectivity index (χ3n) is 2.24. The zero-order chi connectivity index (χ0) is 13.0. The number of nitro groups is 1. The van der Waals surface area contributed by atoms with E-state index in [0.717, 1.165) is 0 Å². The average Bonchev–Trinajstić information content (AvgIpc) is 2.38. The van der Waals surface area contributed by atoms with Gasteiger partial charge in [0.15, 0.2) is 5.16 Å². The van der Waals surface area contributed by atoms with Crippen LogP contribution in [0.25, 0.3) is 0 Å². The molecule has 18 heavy (non-hydrogen) atoms. The Bertz CT molecular complexity index is 562. The minimum atomic E-state index is -0.438. The summed E-state index contributed by atoms with van der Waals surface area (Å²) in [6.07, 6.45) is 3.29. The van der Waals surface area contributed by atoms with Crippen molar-refractivity contribution in [3.05, 3.63) is 52.3 Å². The molecule has 92 valence electrons. The fraction of sp³-hybridized carbons (Fsp3) is 0.0909. The fourth-order valence-corrected chi connectivity index (χ4v) is 2.14. The van der Waals surface area contributed by atoms with Crippen LogP contribution in [0.15, 0.2) is 41.8 Å². The number of anilines is 1. The number of hydrogen-bond donors (Lipinski definition) is 1. The molecule has 1 aromatic heterocycles. The summed E-state index contributed by atoms with van der Waals surface area (Å²) < 4.78 is 0. The van der Waals surface area contributed by atoms with E-state index in [0.29, 0.717) is 22.2 Å². The summed E-state index contributed by atoms with van der Waals surface area (Å²) in [5.41, 5.74) is 7.05. The minimum absolute atomic E-state index is 0.0359. The highest BCUT2D eigenvalue weighted by Crippen LogP contribution is 2.26. The van der Waals surface area contributed by atoms with Crippen molar-refractivity contribution in [3.63, 3.8) is 0 Å². The van der Waals surface area contributed by atoms with E-state index in [4.69, 9.17) is 5.73 Å². The van der Waals surface area contributed by atoms with Crippen molar-refractivity contribution in [2.45, 2.75) is 10.9 Å². The maximum Gasteiger partial charge on any atom is 0.269 e. The first-order valence-corrected chi connectivity index (χ1v) is 6.08. The number of non-ortho nitro benzene ring substituents is 1. The summed E-state index contributed by atoms with van der Waals surface area (Å²) in [4.78, 5) is 18.4. The first-order chi connectivity index (χ1) is 8.66. The summed E-state index contributed by atoms with van der Waals surface area (Å²) in [7, 11) is 0. The number of aromatic nitrogens is 2. The molecule has 0 atom stereocenters. The summed E-state index contributed by atoms with van der Waals surface area (Å²) in [6, 6.07) is 6.14. The first-order valence-electron chi connectivity index (χ1n) is 5.09. The van der Waals surface area contributed by atoms with Crippen LogP contribution in [-0.2, 0) is 5.75 Å². The predicted octanol–water partition coefficient (Wildman–Crippen LogP) is 2.26. The number of thioether (sulfide) groups is 1. The molecule has 0 bridgehead atoms. The monoisotopic (exact) mass is 262 g/mol. The van der Waals surface area contributed by atoms with Gasteiger partial charge in [-0.2, -0.15) is 0 Å². The smallest absolute Gasteiger partial charge is 0.269 e. The number of nitrogens with two attached hydrogens (primary N) is 1. The second kappa shape index (κ2) is 5.46. The van der Waals surface area contributed by atoms with E-state index < -0.39 is 4.92 Å². The molecular weight excluding hydrogens is 252 g/mol. The zero-order valence-electron chi connectivity index (χ0n) is 9.31. The van der Waals surface area contributed by atoms with E-state index in [1.807, 2.05) is 0 Å². The zero-order valence-corrected chi connectivity index (χ0v) is 10.1. The number of hydrogen-bond acceptors (Lipinski definition) is 6. The van der Waals surface area contributed by atoms with E-state index in [9.17, 15) is 10.1 Å². The quantitative estimate of drug-likeness (QED) is 0.298. The second-order valence-electron chi connectivity index (χ2n) is 3.46. The molecule has 0 aliphatic carbocycles. The van der Waals surface area contributed by atoms with Crippen molar-refractivity contribution < 1.29 is 4.92 Å². The highest BCUT2D eigenvalue weighted by molar-refractivity contribution is 7.98. The molecule has 1 aromatic carbocycles. The van der Waals surface area contributed by atoms with Gasteiger partial charge in [-0.3, -0.25) is 10.1 Å². The molecule has 2 rings (SSSR count). The van der Waals surface area contributed by atoms with Crippen LogP contribution in [0.5, 0.6) is 0 Å². The van der Waals surface area contributed by atoms with Gasteiger partial charge in [0.2, 0.25) is 0 Å². The third-order valence-corrected chi connectivity index (χ3v) is 3.16. The fourth-order valence-electron chi connectivity index (χ4n) is 1.33. The van der Waals surface area contributed by atoms with Crippen LogP contribution in [0.4, 0.5) is 11.4 Å². The third kappa shape index (κ3) is 2.95. The van der Waals surface area contributed by atoms with E-state index in [2.05, 4.69) is 9.97 Å². The molecule has 0 radical (unpaired) electrons. The summed E-state index contributed by atoms with van der Waals surface area (Å²) in [5.74, 6) is 0.498. The summed E-state index contributed by atoms with van der Waals surface area (Å²) >= 11 is 1.38. The van der Waals surface area contributed by atoms with Crippen molar-refractivity contribution in [1.29, 1.82) is 0 Å². The van der Waals surface area contributed by atoms with Crippen molar-refractivity contribution >= 4 is 23.1 Å². The molecule has 1 heterocycles. The second-order valence-corrected chi connectivity index (χ2v) is 4.40. The minimum Gasteiger partial charge on any atom is -0.398 e. The van der Waals surface area contributed by atoms with Crippen LogP contribution in [-0.4, -0.2) is 14.9 Å². The normalized spacial score (nSPS) is 10.2. The number of benzene rings is 1. The lowest BCUT2D eigenvalue weighted by atomic mass is 10.2. The lowest BCUT2D eigenvalue weighted by Gasteiger charge is -2.04. The number of rotatable bonds is 4. The Kier molecular flexibility index (Phi) is 3.73. The van der Waals surface area contributed by atoms with Gasteiger partial charge < -0.3 is 5.73 Å². The Morgan fingerprint density at radius 1 is 1.33 bits per heavy atom. The highest BCUT2D eigenvalue weighted by atomic mass is 32.2. The molecule has 0 saturated heterocycles. The van der Waals surface area contributed by atoms with Crippen LogP contribution >= 0.6 is 11.8 Å². The Balaban J connectivity index is 2.14. The van der Waals surface area contributed by atoms with Gasteiger partial charge in [0, 0.05) is 36.0 Å². The SMILES string of the molecule is Nc1ccc([N+](=O)[O-])cc1CSc1ncccn1. The molecule has 0 aliphatic rings. The standard InChI is InChI=1S/C11H10N4O2S/c12-10-3-2-9(15(16)17)6-8(10)7-18-11-13-4-1-5-14-11/h1-6H,7,12H2. The Hall–Kier alpha value is -2.15. The van der Waals surface area contributed by atoms with Crippen molar-refractivity contribution in [2.75, 3.05) is 5.73 Å². The maximum absolute atomic E-state index is 10.7. The average molecular weight is 262 g/mol. The Labute approximate surface area is 107 Å². The van der Waals surface area contributed by atoms with Gasteiger partial charge in [0.25, 0.3) is 5.69 Å². The molecule has 7 heteroatoms. The predicted molar refractivity (Wildman–Crippen MR) is 69.1 cm³/mol. The largest absolute Gasteiger partial charge is 0.398 e. The molecule has 0 aliphatic heterocycles. The van der Waals surface area contributed by atoms with Crippen LogP contribution in [0.2, 0.25) is 0 Å². The summed E-state index contributed by atoms with van der Waals surface area (Å²) in [6.45, 7) is 0. The molecule has 0 unspecified atom stereocenters. The molecule has 0 amide bonds. The molecule has 2 aromatic rings. The van der Waals surface area contributed by atoms with E-state index in [1.54, 1.807) is 24.5 Å². The lowest BCUT2D eigenvalue weighted by molar-refractivity contribution is -0.384. The van der Waals surface area contributed by atoms with Crippen molar-refractivity contribution in [1.82, 2.24) is 9.97 Å². The van der Waals surface area contributed by atoms with Gasteiger partial charge in [-0.05, 0) is 17.7 Å². The van der Waals surface area contributed by atoms with Gasteiger partial charge in [-0.1, -0.05) is 11.8 Å². The van der Waals surface area contributed by atoms with Gasteiger partial charge in [-0.15, -0.1) is 0 Å². The molecule has 6 nitrogen and oxygen atoms in total. The van der Waals surface area contributed by atoms with Crippen LogP contribution in [0.1, 0.15) is 5.56 Å². The Morgan fingerprint density at radius 2 is 2.06 bits per heavy atom. The van der Waals surface area contributed by atoms with Gasteiger partial charge >= 0.3 is 0 Å². The van der Waals surface area contributed by atoms with Crippen molar-refractivity contribution in [3.8, 4) is 0 Å². The first kappa shape index (κ1) is 12.3. The number of nitrogens with zero attached hydrogens (tertiary/aromatic N) is 3. The molecule has 0 saturated carbocycles. The summed E-state index contributed by atoms with van der Waals surface area (Å²) in [5, 5.41) is 11.3. The highest BCUT2D eigenvalue weighted by Gasteiger charge is 2.09. The van der Waals surface area contributed by atoms with Gasteiger partial charge in [0.05, 0.1) is 4.92 Å².